The van der Waals surface area contributed by atoms with Crippen LogP contribution in [-0.4, -0.2) is 52.7 Å². The number of hydrogen-bond acceptors (Lipinski definition) is 5. The lowest BCUT2D eigenvalue weighted by Crippen LogP contribution is -2.51. The topological polar surface area (TPSA) is 65.1 Å². The summed E-state index contributed by atoms with van der Waals surface area (Å²) in [6.45, 7) is 2.53. The van der Waals surface area contributed by atoms with E-state index in [0.29, 0.717) is 44.4 Å². The number of rotatable bonds is 4. The van der Waals surface area contributed by atoms with E-state index >= 15 is 0 Å². The van der Waals surface area contributed by atoms with Gasteiger partial charge in [-0.1, -0.05) is 0 Å². The lowest BCUT2D eigenvalue weighted by Gasteiger charge is -2.37. The van der Waals surface area contributed by atoms with E-state index in [1.54, 1.807) is 19.2 Å². The quantitative estimate of drug-likeness (QED) is 0.820. The molecule has 2 aliphatic heterocycles. The van der Waals surface area contributed by atoms with Crippen molar-refractivity contribution in [2.24, 2.45) is 5.92 Å². The van der Waals surface area contributed by atoms with Crippen molar-refractivity contribution in [2.45, 2.75) is 4.90 Å². The molecule has 1 aromatic carbocycles. The van der Waals surface area contributed by atoms with Crippen LogP contribution in [0.1, 0.15) is 0 Å². The van der Waals surface area contributed by atoms with Crippen LogP contribution in [0, 0.1) is 5.92 Å². The van der Waals surface area contributed by atoms with E-state index < -0.39 is 10.0 Å². The van der Waals surface area contributed by atoms with Gasteiger partial charge in [0, 0.05) is 32.2 Å². The number of methoxy groups -OCH3 is 1. The predicted molar refractivity (Wildman–Crippen MR) is 71.6 cm³/mol. The van der Waals surface area contributed by atoms with Crippen LogP contribution >= 0.6 is 0 Å². The minimum absolute atomic E-state index is 0.248. The molecule has 0 radical (unpaired) electrons. The molecule has 0 N–H and O–H groups in total. The van der Waals surface area contributed by atoms with Gasteiger partial charge in [0.25, 0.3) is 0 Å². The maximum atomic E-state index is 12.4. The van der Waals surface area contributed by atoms with E-state index in [-0.39, 0.29) is 10.8 Å². The Balaban J connectivity index is 1.78. The number of sulfonamides is 1. The summed E-state index contributed by atoms with van der Waals surface area (Å²) in [7, 11) is -1.82. The number of hydrogen-bond donors (Lipinski definition) is 0. The highest BCUT2D eigenvalue weighted by Crippen LogP contribution is 2.34. The van der Waals surface area contributed by atoms with Crippen LogP contribution in [0.3, 0.4) is 0 Å². The Bertz CT molecular complexity index is 595. The van der Waals surface area contributed by atoms with Gasteiger partial charge in [-0.2, -0.15) is 4.31 Å². The largest absolute Gasteiger partial charge is 0.486 e. The van der Waals surface area contributed by atoms with Crippen LogP contribution < -0.4 is 9.47 Å². The highest BCUT2D eigenvalue weighted by atomic mass is 32.2. The lowest BCUT2D eigenvalue weighted by atomic mass is 10.1. The maximum Gasteiger partial charge on any atom is 0.243 e. The first-order chi connectivity index (χ1) is 9.61. The molecule has 0 aliphatic carbocycles. The molecule has 20 heavy (non-hydrogen) atoms. The van der Waals surface area contributed by atoms with E-state index in [1.807, 2.05) is 0 Å². The van der Waals surface area contributed by atoms with Crippen LogP contribution in [0.2, 0.25) is 0 Å². The van der Waals surface area contributed by atoms with Crippen LogP contribution in [0.15, 0.2) is 23.1 Å². The molecule has 2 aliphatic rings. The Hall–Kier alpha value is -1.31. The lowest BCUT2D eigenvalue weighted by molar-refractivity contribution is 0.0821. The normalized spacial score (nSPS) is 19.6. The molecule has 3 rings (SSSR count). The number of nitrogens with zero attached hydrogens (tertiary/aromatic N) is 1. The fourth-order valence-corrected chi connectivity index (χ4v) is 4.00. The first-order valence-electron chi connectivity index (χ1n) is 6.50. The highest BCUT2D eigenvalue weighted by Gasteiger charge is 2.37. The molecular weight excluding hydrogens is 282 g/mol. The summed E-state index contributed by atoms with van der Waals surface area (Å²) in [5, 5.41) is 0. The summed E-state index contributed by atoms with van der Waals surface area (Å²) in [4.78, 5) is 0.248. The van der Waals surface area contributed by atoms with Gasteiger partial charge in [-0.25, -0.2) is 8.42 Å². The predicted octanol–water partition coefficient (Wildman–Crippen LogP) is 0.725. The van der Waals surface area contributed by atoms with Crippen molar-refractivity contribution in [1.29, 1.82) is 0 Å². The van der Waals surface area contributed by atoms with E-state index in [9.17, 15) is 8.42 Å². The fraction of sp³-hybridized carbons (Fsp3) is 0.538. The Morgan fingerprint density at radius 3 is 2.65 bits per heavy atom. The van der Waals surface area contributed by atoms with Gasteiger partial charge in [0.15, 0.2) is 11.5 Å². The zero-order valence-electron chi connectivity index (χ0n) is 11.2. The third-order valence-electron chi connectivity index (χ3n) is 3.48. The Kier molecular flexibility index (Phi) is 3.57. The SMILES string of the molecule is COCC1CN(S(=O)(=O)c2ccc3c(c2)OCCO3)C1. The third-order valence-corrected chi connectivity index (χ3v) is 5.31. The molecule has 0 unspecified atom stereocenters. The van der Waals surface area contributed by atoms with Crippen molar-refractivity contribution in [2.75, 3.05) is 40.0 Å². The summed E-state index contributed by atoms with van der Waals surface area (Å²) in [6, 6.07) is 4.74. The smallest absolute Gasteiger partial charge is 0.243 e. The van der Waals surface area contributed by atoms with Crippen molar-refractivity contribution in [3.8, 4) is 11.5 Å². The van der Waals surface area contributed by atoms with Crippen LogP contribution in [0.4, 0.5) is 0 Å². The van der Waals surface area contributed by atoms with Crippen molar-refractivity contribution in [3.05, 3.63) is 18.2 Å². The molecule has 0 atom stereocenters. The molecule has 0 amide bonds. The summed E-state index contributed by atoms with van der Waals surface area (Å²) in [5.41, 5.74) is 0. The van der Waals surface area contributed by atoms with E-state index in [0.717, 1.165) is 0 Å². The molecule has 110 valence electrons. The van der Waals surface area contributed by atoms with Crippen molar-refractivity contribution in [3.63, 3.8) is 0 Å². The summed E-state index contributed by atoms with van der Waals surface area (Å²) in [5.74, 6) is 1.37. The molecule has 0 aromatic heterocycles. The van der Waals surface area contributed by atoms with Crippen molar-refractivity contribution < 1.29 is 22.6 Å². The molecule has 0 saturated carbocycles. The Morgan fingerprint density at radius 1 is 1.25 bits per heavy atom. The monoisotopic (exact) mass is 299 g/mol. The molecule has 2 heterocycles. The summed E-state index contributed by atoms with van der Waals surface area (Å²) < 4.78 is 42.2. The van der Waals surface area contributed by atoms with E-state index in [4.69, 9.17) is 14.2 Å². The zero-order valence-corrected chi connectivity index (χ0v) is 12.1. The van der Waals surface area contributed by atoms with E-state index in [2.05, 4.69) is 0 Å². The molecule has 6 nitrogen and oxygen atoms in total. The summed E-state index contributed by atoms with van der Waals surface area (Å²) >= 11 is 0. The van der Waals surface area contributed by atoms with Gasteiger partial charge in [-0.15, -0.1) is 0 Å². The number of fused-ring (bicyclic) bond motifs is 1. The molecular formula is C13H17NO5S. The molecule has 1 aromatic rings. The van der Waals surface area contributed by atoms with E-state index in [1.165, 1.54) is 10.4 Å². The molecule has 1 saturated heterocycles. The maximum absolute atomic E-state index is 12.4. The van der Waals surface area contributed by atoms with Gasteiger partial charge >= 0.3 is 0 Å². The zero-order chi connectivity index (χ0) is 14.2. The minimum Gasteiger partial charge on any atom is -0.486 e. The number of benzene rings is 1. The fourth-order valence-electron chi connectivity index (χ4n) is 2.39. The second-order valence-electron chi connectivity index (χ2n) is 4.95. The van der Waals surface area contributed by atoms with Gasteiger partial charge in [0.2, 0.25) is 10.0 Å². The highest BCUT2D eigenvalue weighted by molar-refractivity contribution is 7.89. The van der Waals surface area contributed by atoms with Gasteiger partial charge < -0.3 is 14.2 Å². The average Bonchev–Trinajstić information content (AvgIpc) is 2.41. The number of ether oxygens (including phenoxy) is 3. The van der Waals surface area contributed by atoms with Crippen molar-refractivity contribution in [1.82, 2.24) is 4.31 Å². The average molecular weight is 299 g/mol. The second-order valence-corrected chi connectivity index (χ2v) is 6.89. The molecule has 7 heteroatoms. The third kappa shape index (κ3) is 2.36. The van der Waals surface area contributed by atoms with Crippen LogP contribution in [0.25, 0.3) is 0 Å². The van der Waals surface area contributed by atoms with Crippen molar-refractivity contribution >= 4 is 10.0 Å². The Morgan fingerprint density at radius 2 is 1.95 bits per heavy atom. The first kappa shape index (κ1) is 13.7. The van der Waals surface area contributed by atoms with Crippen LogP contribution in [-0.2, 0) is 14.8 Å². The summed E-state index contributed by atoms with van der Waals surface area (Å²) in [6.07, 6.45) is 0. The van der Waals surface area contributed by atoms with Gasteiger partial charge in [-0.05, 0) is 12.1 Å². The standard InChI is InChI=1S/C13H17NO5S/c1-17-9-10-7-14(8-10)20(15,16)11-2-3-12-13(6-11)19-5-4-18-12/h2-3,6,10H,4-5,7-9H2,1H3. The second kappa shape index (κ2) is 5.23. The van der Waals surface area contributed by atoms with Crippen LogP contribution in [0.5, 0.6) is 11.5 Å². The molecule has 1 fully saturated rings. The van der Waals surface area contributed by atoms with Gasteiger partial charge in [0.1, 0.15) is 13.2 Å². The van der Waals surface area contributed by atoms with Gasteiger partial charge in [0.05, 0.1) is 11.5 Å². The Labute approximate surface area is 118 Å². The van der Waals surface area contributed by atoms with Gasteiger partial charge in [-0.3, -0.25) is 0 Å². The molecule has 0 spiro atoms. The minimum atomic E-state index is -3.44. The molecule has 0 bridgehead atoms. The first-order valence-corrected chi connectivity index (χ1v) is 7.94.